The maximum Gasteiger partial charge on any atom is 0.257 e. The Bertz CT molecular complexity index is 459. The predicted molar refractivity (Wildman–Crippen MR) is 69.5 cm³/mol. The molecule has 0 aliphatic carbocycles. The number of aliphatic hydroxyl groups is 1. The van der Waals surface area contributed by atoms with Crippen LogP contribution in [0.25, 0.3) is 0 Å². The molecule has 19 heavy (non-hydrogen) atoms. The van der Waals surface area contributed by atoms with Crippen LogP contribution in [0.4, 0.5) is 10.2 Å². The van der Waals surface area contributed by atoms with Gasteiger partial charge in [0.1, 0.15) is 11.6 Å². The number of hydrogen-bond donors (Lipinski definition) is 2. The monoisotopic (exact) mass is 267 g/mol. The van der Waals surface area contributed by atoms with E-state index in [-0.39, 0.29) is 17.6 Å². The highest BCUT2D eigenvalue weighted by Gasteiger charge is 2.24. The average Bonchev–Trinajstić information content (AvgIpc) is 2.41. The Kier molecular flexibility index (Phi) is 4.31. The van der Waals surface area contributed by atoms with Crippen molar-refractivity contribution in [3.05, 3.63) is 23.6 Å². The number of rotatable bonds is 3. The first-order valence-corrected chi connectivity index (χ1v) is 6.48. The Morgan fingerprint density at radius 1 is 1.58 bits per heavy atom. The molecule has 1 aliphatic heterocycles. The third-order valence-electron chi connectivity index (χ3n) is 3.18. The Morgan fingerprint density at radius 3 is 2.89 bits per heavy atom. The van der Waals surface area contributed by atoms with Crippen LogP contribution >= 0.6 is 0 Å². The first kappa shape index (κ1) is 13.7. The lowest BCUT2D eigenvalue weighted by Gasteiger charge is -2.30. The standard InChI is InChI=1S/C13H18FN3O2/c1-2-15-12-11(7-9(14)8-16-12)13(19)17-5-3-10(18)4-6-17/h7-8,10,18H,2-6H2,1H3,(H,15,16). The van der Waals surface area contributed by atoms with Gasteiger partial charge in [0.25, 0.3) is 5.91 Å². The van der Waals surface area contributed by atoms with Crippen LogP contribution in [0, 0.1) is 5.82 Å². The van der Waals surface area contributed by atoms with Gasteiger partial charge in [-0.25, -0.2) is 9.37 Å². The smallest absolute Gasteiger partial charge is 0.257 e. The number of nitrogens with one attached hydrogen (secondary N) is 1. The van der Waals surface area contributed by atoms with Crippen LogP contribution in [0.1, 0.15) is 30.1 Å². The largest absolute Gasteiger partial charge is 0.393 e. The van der Waals surface area contributed by atoms with Crippen molar-refractivity contribution in [2.75, 3.05) is 25.0 Å². The molecule has 1 aliphatic rings. The molecule has 0 aromatic carbocycles. The molecule has 0 bridgehead atoms. The minimum Gasteiger partial charge on any atom is -0.393 e. The molecule has 2 N–H and O–H groups in total. The number of likely N-dealkylation sites (tertiary alicyclic amines) is 1. The van der Waals surface area contributed by atoms with Crippen LogP contribution < -0.4 is 5.32 Å². The number of nitrogens with zero attached hydrogens (tertiary/aromatic N) is 2. The maximum absolute atomic E-state index is 13.3. The summed E-state index contributed by atoms with van der Waals surface area (Å²) >= 11 is 0. The number of hydrogen-bond acceptors (Lipinski definition) is 4. The van der Waals surface area contributed by atoms with Crippen molar-refractivity contribution in [3.63, 3.8) is 0 Å². The zero-order chi connectivity index (χ0) is 13.8. The SMILES string of the molecule is CCNc1ncc(F)cc1C(=O)N1CCC(O)CC1. The molecule has 5 nitrogen and oxygen atoms in total. The van der Waals surface area contributed by atoms with Gasteiger partial charge in [-0.3, -0.25) is 4.79 Å². The lowest BCUT2D eigenvalue weighted by molar-refractivity contribution is 0.0546. The Morgan fingerprint density at radius 2 is 2.26 bits per heavy atom. The summed E-state index contributed by atoms with van der Waals surface area (Å²) < 4.78 is 13.3. The molecule has 1 amide bonds. The van der Waals surface area contributed by atoms with Crippen molar-refractivity contribution in [1.29, 1.82) is 0 Å². The summed E-state index contributed by atoms with van der Waals surface area (Å²) in [5, 5.41) is 12.4. The zero-order valence-corrected chi connectivity index (χ0v) is 10.9. The number of piperidine rings is 1. The fourth-order valence-corrected chi connectivity index (χ4v) is 2.15. The Balaban J connectivity index is 2.20. The number of pyridine rings is 1. The fraction of sp³-hybridized carbons (Fsp3) is 0.538. The van der Waals surface area contributed by atoms with Crippen molar-refractivity contribution >= 4 is 11.7 Å². The third-order valence-corrected chi connectivity index (χ3v) is 3.18. The molecule has 1 fully saturated rings. The lowest BCUT2D eigenvalue weighted by atomic mass is 10.1. The lowest BCUT2D eigenvalue weighted by Crippen LogP contribution is -2.40. The number of aromatic nitrogens is 1. The van der Waals surface area contributed by atoms with Gasteiger partial charge in [-0.05, 0) is 25.8 Å². The van der Waals surface area contributed by atoms with E-state index < -0.39 is 5.82 Å². The normalized spacial score (nSPS) is 16.5. The maximum atomic E-state index is 13.3. The van der Waals surface area contributed by atoms with E-state index in [0.717, 1.165) is 6.20 Å². The molecule has 2 rings (SSSR count). The van der Waals surface area contributed by atoms with Crippen LogP contribution in [-0.4, -0.2) is 46.6 Å². The van der Waals surface area contributed by atoms with Crippen LogP contribution in [0.5, 0.6) is 0 Å². The Hall–Kier alpha value is -1.69. The van der Waals surface area contributed by atoms with E-state index in [2.05, 4.69) is 10.3 Å². The summed E-state index contributed by atoms with van der Waals surface area (Å²) in [7, 11) is 0. The zero-order valence-electron chi connectivity index (χ0n) is 10.9. The molecular formula is C13H18FN3O2. The first-order valence-electron chi connectivity index (χ1n) is 6.48. The van der Waals surface area contributed by atoms with Gasteiger partial charge >= 0.3 is 0 Å². The summed E-state index contributed by atoms with van der Waals surface area (Å²) in [6.07, 6.45) is 1.87. The Labute approximate surface area is 111 Å². The van der Waals surface area contributed by atoms with E-state index in [0.29, 0.717) is 38.3 Å². The minimum atomic E-state index is -0.526. The van der Waals surface area contributed by atoms with Gasteiger partial charge in [-0.2, -0.15) is 0 Å². The highest BCUT2D eigenvalue weighted by atomic mass is 19.1. The summed E-state index contributed by atoms with van der Waals surface area (Å²) in [4.78, 5) is 17.9. The second kappa shape index (κ2) is 5.97. The molecular weight excluding hydrogens is 249 g/mol. The van der Waals surface area contributed by atoms with Crippen molar-refractivity contribution in [3.8, 4) is 0 Å². The fourth-order valence-electron chi connectivity index (χ4n) is 2.15. The van der Waals surface area contributed by atoms with Crippen LogP contribution in [0.15, 0.2) is 12.3 Å². The van der Waals surface area contributed by atoms with Gasteiger partial charge < -0.3 is 15.3 Å². The molecule has 0 radical (unpaired) electrons. The highest BCUT2D eigenvalue weighted by molar-refractivity contribution is 5.98. The van der Waals surface area contributed by atoms with E-state index in [1.807, 2.05) is 6.92 Å². The number of carbonyl (C=O) groups excluding carboxylic acids is 1. The molecule has 1 aromatic heterocycles. The molecule has 6 heteroatoms. The predicted octanol–water partition coefficient (Wildman–Crippen LogP) is 1.25. The number of anilines is 1. The van der Waals surface area contributed by atoms with E-state index in [1.54, 1.807) is 4.90 Å². The van der Waals surface area contributed by atoms with Crippen LogP contribution in [-0.2, 0) is 0 Å². The number of carbonyl (C=O) groups is 1. The number of halogens is 1. The van der Waals surface area contributed by atoms with Crippen LogP contribution in [0.3, 0.4) is 0 Å². The molecule has 2 heterocycles. The van der Waals surface area contributed by atoms with E-state index >= 15 is 0 Å². The average molecular weight is 267 g/mol. The van der Waals surface area contributed by atoms with Gasteiger partial charge in [0.15, 0.2) is 0 Å². The number of aliphatic hydroxyl groups excluding tert-OH is 1. The highest BCUT2D eigenvalue weighted by Crippen LogP contribution is 2.19. The van der Waals surface area contributed by atoms with Gasteiger partial charge in [0.05, 0.1) is 17.9 Å². The molecule has 1 saturated heterocycles. The summed E-state index contributed by atoms with van der Waals surface area (Å²) in [5.41, 5.74) is 0.248. The summed E-state index contributed by atoms with van der Waals surface area (Å²) in [6.45, 7) is 3.47. The van der Waals surface area contributed by atoms with Crippen molar-refractivity contribution in [2.24, 2.45) is 0 Å². The van der Waals surface area contributed by atoms with E-state index in [4.69, 9.17) is 0 Å². The van der Waals surface area contributed by atoms with E-state index in [9.17, 15) is 14.3 Å². The molecule has 0 spiro atoms. The van der Waals surface area contributed by atoms with Gasteiger partial charge in [-0.15, -0.1) is 0 Å². The topological polar surface area (TPSA) is 65.5 Å². The molecule has 0 unspecified atom stereocenters. The van der Waals surface area contributed by atoms with Crippen molar-refractivity contribution in [1.82, 2.24) is 9.88 Å². The first-order chi connectivity index (χ1) is 9.11. The summed E-state index contributed by atoms with van der Waals surface area (Å²) in [6, 6.07) is 1.21. The second-order valence-electron chi connectivity index (χ2n) is 4.60. The second-order valence-corrected chi connectivity index (χ2v) is 4.60. The van der Waals surface area contributed by atoms with Gasteiger partial charge in [0.2, 0.25) is 0 Å². The summed E-state index contributed by atoms with van der Waals surface area (Å²) in [5.74, 6) is -0.364. The molecule has 0 atom stereocenters. The minimum absolute atomic E-state index is 0.241. The number of amides is 1. The van der Waals surface area contributed by atoms with E-state index in [1.165, 1.54) is 6.07 Å². The third kappa shape index (κ3) is 3.20. The van der Waals surface area contributed by atoms with Crippen molar-refractivity contribution < 1.29 is 14.3 Å². The van der Waals surface area contributed by atoms with Gasteiger partial charge in [0, 0.05) is 19.6 Å². The molecule has 0 saturated carbocycles. The molecule has 104 valence electrons. The quantitative estimate of drug-likeness (QED) is 0.865. The van der Waals surface area contributed by atoms with Crippen molar-refractivity contribution in [2.45, 2.75) is 25.9 Å². The van der Waals surface area contributed by atoms with Gasteiger partial charge in [-0.1, -0.05) is 0 Å². The van der Waals surface area contributed by atoms with Crippen LogP contribution in [0.2, 0.25) is 0 Å². The molecule has 1 aromatic rings.